The van der Waals surface area contributed by atoms with E-state index in [0.717, 1.165) is 0 Å². The number of nitrogens with two attached hydrogens (primary N) is 1. The van der Waals surface area contributed by atoms with E-state index in [4.69, 9.17) is 22.4 Å². The minimum Gasteiger partial charge on any atom is -0.503 e. The van der Waals surface area contributed by atoms with Crippen LogP contribution >= 0.6 is 24.0 Å². The molecule has 0 aromatic carbocycles. The number of hydrogen-bond acceptors (Lipinski definition) is 3. The van der Waals surface area contributed by atoms with E-state index < -0.39 is 0 Å². The van der Waals surface area contributed by atoms with Crippen LogP contribution in [0.3, 0.4) is 0 Å². The summed E-state index contributed by atoms with van der Waals surface area (Å²) in [6, 6.07) is 1.47. The first-order valence-electron chi connectivity index (χ1n) is 2.31. The first-order valence-corrected chi connectivity index (χ1v) is 2.68. The predicted octanol–water partition coefficient (Wildman–Crippen LogP) is 1.44. The second-order valence-corrected chi connectivity index (χ2v) is 1.90. The normalized spacial score (nSPS) is 8.50. The van der Waals surface area contributed by atoms with Gasteiger partial charge in [-0.05, 0) is 6.07 Å². The quantitative estimate of drug-likeness (QED) is 0.595. The van der Waals surface area contributed by atoms with Crippen molar-refractivity contribution in [3.8, 4) is 5.75 Å². The summed E-state index contributed by atoms with van der Waals surface area (Å²) >= 11 is 5.37. The molecule has 0 amide bonds. The van der Waals surface area contributed by atoms with Gasteiger partial charge in [-0.2, -0.15) is 0 Å². The van der Waals surface area contributed by atoms with Crippen LogP contribution in [0.25, 0.3) is 0 Å². The van der Waals surface area contributed by atoms with Crippen LogP contribution in [0.1, 0.15) is 0 Å². The summed E-state index contributed by atoms with van der Waals surface area (Å²) in [5.74, 6) is -0.154. The van der Waals surface area contributed by atoms with E-state index >= 15 is 0 Å². The third kappa shape index (κ3) is 1.65. The van der Waals surface area contributed by atoms with Gasteiger partial charge in [-0.1, -0.05) is 11.6 Å². The molecule has 1 heterocycles. The van der Waals surface area contributed by atoms with Gasteiger partial charge in [0.2, 0.25) is 0 Å². The van der Waals surface area contributed by atoms with Crippen LogP contribution in [0.4, 0.5) is 5.69 Å². The Balaban J connectivity index is 0.000000810. The number of aromatic nitrogens is 1. The molecular formula is C5H6Cl2N2O. The molecule has 3 N–H and O–H groups in total. The average molecular weight is 181 g/mol. The summed E-state index contributed by atoms with van der Waals surface area (Å²) in [4.78, 5) is 3.57. The van der Waals surface area contributed by atoms with Gasteiger partial charge in [0, 0.05) is 6.20 Å². The Morgan fingerprint density at radius 1 is 1.60 bits per heavy atom. The van der Waals surface area contributed by atoms with Crippen molar-refractivity contribution in [1.29, 1.82) is 0 Å². The molecular weight excluding hydrogens is 175 g/mol. The number of anilines is 1. The van der Waals surface area contributed by atoms with E-state index in [1.54, 1.807) is 0 Å². The molecule has 0 atom stereocenters. The van der Waals surface area contributed by atoms with E-state index in [0.29, 0.717) is 0 Å². The fourth-order valence-electron chi connectivity index (χ4n) is 0.442. The lowest BCUT2D eigenvalue weighted by Crippen LogP contribution is -1.86. The second-order valence-electron chi connectivity index (χ2n) is 1.54. The molecule has 3 nitrogen and oxygen atoms in total. The van der Waals surface area contributed by atoms with Crippen LogP contribution in [0, 0.1) is 0 Å². The molecule has 0 saturated carbocycles. The average Bonchev–Trinajstić information content (AvgIpc) is 1.83. The first kappa shape index (κ1) is 9.33. The molecule has 1 rings (SSSR count). The lowest BCUT2D eigenvalue weighted by molar-refractivity contribution is 0.475. The topological polar surface area (TPSA) is 59.1 Å². The molecule has 1 aromatic heterocycles. The van der Waals surface area contributed by atoms with Crippen molar-refractivity contribution in [3.05, 3.63) is 17.4 Å². The van der Waals surface area contributed by atoms with Crippen molar-refractivity contribution < 1.29 is 5.11 Å². The number of rotatable bonds is 0. The first-order chi connectivity index (χ1) is 4.22. The second kappa shape index (κ2) is 3.49. The molecule has 0 radical (unpaired) electrons. The monoisotopic (exact) mass is 180 g/mol. The van der Waals surface area contributed by atoms with Gasteiger partial charge < -0.3 is 10.8 Å². The summed E-state index contributed by atoms with van der Waals surface area (Å²) < 4.78 is 0. The van der Waals surface area contributed by atoms with Crippen molar-refractivity contribution in [2.75, 3.05) is 5.73 Å². The number of aromatic hydroxyl groups is 1. The van der Waals surface area contributed by atoms with Crippen molar-refractivity contribution in [1.82, 2.24) is 4.98 Å². The third-order valence-electron chi connectivity index (χ3n) is 0.911. The molecule has 0 aliphatic carbocycles. The lowest BCUT2D eigenvalue weighted by Gasteiger charge is -1.96. The van der Waals surface area contributed by atoms with Gasteiger partial charge in [0.1, 0.15) is 0 Å². The number of hydrogen-bond donors (Lipinski definition) is 2. The number of halogens is 2. The van der Waals surface area contributed by atoms with Gasteiger partial charge in [-0.25, -0.2) is 4.98 Å². The molecule has 0 unspecified atom stereocenters. The largest absolute Gasteiger partial charge is 0.503 e. The van der Waals surface area contributed by atoms with E-state index in [1.807, 2.05) is 0 Å². The van der Waals surface area contributed by atoms with Crippen LogP contribution in [-0.2, 0) is 0 Å². The zero-order valence-electron chi connectivity index (χ0n) is 4.91. The summed E-state index contributed by atoms with van der Waals surface area (Å²) in [6.07, 6.45) is 1.43. The lowest BCUT2D eigenvalue weighted by atomic mass is 10.4. The van der Waals surface area contributed by atoms with Crippen molar-refractivity contribution in [3.63, 3.8) is 0 Å². The zero-order valence-corrected chi connectivity index (χ0v) is 6.49. The van der Waals surface area contributed by atoms with Crippen LogP contribution in [-0.4, -0.2) is 10.1 Å². The van der Waals surface area contributed by atoms with Crippen LogP contribution in [0.5, 0.6) is 5.75 Å². The molecule has 5 heteroatoms. The van der Waals surface area contributed by atoms with E-state index in [1.165, 1.54) is 12.3 Å². The van der Waals surface area contributed by atoms with Gasteiger partial charge in [-0.15, -0.1) is 12.4 Å². The highest BCUT2D eigenvalue weighted by molar-refractivity contribution is 6.31. The van der Waals surface area contributed by atoms with Gasteiger partial charge in [-0.3, -0.25) is 0 Å². The van der Waals surface area contributed by atoms with Crippen molar-refractivity contribution >= 4 is 29.7 Å². The maximum absolute atomic E-state index is 8.89. The molecule has 0 spiro atoms. The Hall–Kier alpha value is -0.670. The van der Waals surface area contributed by atoms with Crippen LogP contribution in [0.15, 0.2) is 12.3 Å². The van der Waals surface area contributed by atoms with Gasteiger partial charge >= 0.3 is 0 Å². The summed E-state index contributed by atoms with van der Waals surface area (Å²) in [6.45, 7) is 0. The standard InChI is InChI=1S/C5H5ClN2O.ClH/c6-5-4(9)3(7)1-2-8-5;/h1-2,9H,(H2,7,8);1H. The molecule has 0 bridgehead atoms. The Morgan fingerprint density at radius 3 is 2.60 bits per heavy atom. The highest BCUT2D eigenvalue weighted by atomic mass is 35.5. The van der Waals surface area contributed by atoms with Gasteiger partial charge in [0.25, 0.3) is 0 Å². The Kier molecular flexibility index (Phi) is 3.25. The Bertz CT molecular complexity index is 209. The molecule has 56 valence electrons. The Morgan fingerprint density at radius 2 is 2.20 bits per heavy atom. The van der Waals surface area contributed by atoms with Crippen LogP contribution in [0.2, 0.25) is 5.15 Å². The highest BCUT2D eigenvalue weighted by Crippen LogP contribution is 2.25. The summed E-state index contributed by atoms with van der Waals surface area (Å²) in [5, 5.41) is 8.92. The van der Waals surface area contributed by atoms with E-state index in [-0.39, 0.29) is 29.0 Å². The SMILES string of the molecule is Cl.Nc1ccnc(Cl)c1O. The fourth-order valence-corrected chi connectivity index (χ4v) is 0.608. The maximum atomic E-state index is 8.89. The van der Waals surface area contributed by atoms with Gasteiger partial charge in [0.15, 0.2) is 10.9 Å². The molecule has 0 aliphatic heterocycles. The van der Waals surface area contributed by atoms with Crippen LogP contribution < -0.4 is 5.73 Å². The summed E-state index contributed by atoms with van der Waals surface area (Å²) in [7, 11) is 0. The minimum absolute atomic E-state index is 0. The number of nitrogens with zero attached hydrogens (tertiary/aromatic N) is 1. The molecule has 10 heavy (non-hydrogen) atoms. The molecule has 0 saturated heterocycles. The molecule has 0 aliphatic rings. The fraction of sp³-hybridized carbons (Fsp3) is 0. The Labute approximate surface area is 69.2 Å². The van der Waals surface area contributed by atoms with E-state index in [9.17, 15) is 0 Å². The number of nitrogen functional groups attached to an aromatic ring is 1. The molecule has 1 aromatic rings. The minimum atomic E-state index is -0.154. The van der Waals surface area contributed by atoms with Gasteiger partial charge in [0.05, 0.1) is 5.69 Å². The smallest absolute Gasteiger partial charge is 0.176 e. The third-order valence-corrected chi connectivity index (χ3v) is 1.19. The molecule has 0 fully saturated rings. The van der Waals surface area contributed by atoms with Crippen molar-refractivity contribution in [2.45, 2.75) is 0 Å². The van der Waals surface area contributed by atoms with E-state index in [2.05, 4.69) is 4.98 Å². The maximum Gasteiger partial charge on any atom is 0.176 e. The predicted molar refractivity (Wildman–Crippen MR) is 42.6 cm³/mol. The zero-order chi connectivity index (χ0) is 6.85. The number of pyridine rings is 1. The van der Waals surface area contributed by atoms with Crippen molar-refractivity contribution in [2.24, 2.45) is 0 Å². The highest BCUT2D eigenvalue weighted by Gasteiger charge is 2.00. The summed E-state index contributed by atoms with van der Waals surface area (Å²) in [5.41, 5.74) is 5.49.